The van der Waals surface area contributed by atoms with E-state index in [2.05, 4.69) is 5.32 Å². The Kier molecular flexibility index (Phi) is 2.68. The average molecular weight is 278 g/mol. The average Bonchev–Trinajstić information content (AvgIpc) is 2.84. The molecule has 1 N–H and O–H groups in total. The number of hydrogen-bond acceptors (Lipinski definition) is 2. The second-order valence-electron chi connectivity index (χ2n) is 4.71. The van der Waals surface area contributed by atoms with Gasteiger partial charge >= 0.3 is 0 Å². The fourth-order valence-electron chi connectivity index (χ4n) is 2.43. The number of halogens is 1. The molecular formula is C14H12ClNOS. The predicted molar refractivity (Wildman–Crippen MR) is 75.5 cm³/mol. The molecule has 0 radical (unpaired) electrons. The van der Waals surface area contributed by atoms with Crippen molar-refractivity contribution >= 4 is 34.5 Å². The number of nitrogens with one attached hydrogen (secondary N) is 1. The first-order chi connectivity index (χ1) is 8.59. The van der Waals surface area contributed by atoms with Crippen LogP contribution in [0.5, 0.6) is 0 Å². The molecule has 0 bridgehead atoms. The lowest BCUT2D eigenvalue weighted by atomic mass is 9.80. The summed E-state index contributed by atoms with van der Waals surface area (Å²) in [5.41, 5.74) is 1.50. The Morgan fingerprint density at radius 1 is 1.28 bits per heavy atom. The van der Waals surface area contributed by atoms with E-state index in [0.29, 0.717) is 6.42 Å². The minimum atomic E-state index is -0.495. The van der Waals surface area contributed by atoms with Crippen LogP contribution in [0, 0.1) is 0 Å². The third-order valence-corrected chi connectivity index (χ3v) is 4.66. The standard InChI is InChI=1S/C14H12ClNOS/c1-14(8-9-6-7-12(15)18-9)10-4-2-3-5-11(10)16-13(14)17/h2-7H,8H2,1H3,(H,16,17). The maximum absolute atomic E-state index is 12.2. The van der Waals surface area contributed by atoms with Crippen LogP contribution < -0.4 is 5.32 Å². The molecule has 18 heavy (non-hydrogen) atoms. The van der Waals surface area contributed by atoms with Gasteiger partial charge in [0.25, 0.3) is 0 Å². The fraction of sp³-hybridized carbons (Fsp3) is 0.214. The van der Waals surface area contributed by atoms with Crippen molar-refractivity contribution in [2.24, 2.45) is 0 Å². The number of carbonyl (C=O) groups is 1. The second-order valence-corrected chi connectivity index (χ2v) is 6.51. The number of benzene rings is 1. The van der Waals surface area contributed by atoms with Crippen LogP contribution in [-0.2, 0) is 16.6 Å². The van der Waals surface area contributed by atoms with Crippen LogP contribution in [-0.4, -0.2) is 5.91 Å². The monoisotopic (exact) mass is 277 g/mol. The van der Waals surface area contributed by atoms with E-state index in [1.54, 1.807) is 0 Å². The van der Waals surface area contributed by atoms with Gasteiger partial charge in [0.2, 0.25) is 5.91 Å². The first kappa shape index (κ1) is 11.8. The number of fused-ring (bicyclic) bond motifs is 1. The topological polar surface area (TPSA) is 29.1 Å². The smallest absolute Gasteiger partial charge is 0.235 e. The molecule has 1 aliphatic rings. The van der Waals surface area contributed by atoms with Crippen LogP contribution in [0.2, 0.25) is 4.34 Å². The van der Waals surface area contributed by atoms with Crippen molar-refractivity contribution in [1.29, 1.82) is 0 Å². The number of carbonyl (C=O) groups excluding carboxylic acids is 1. The van der Waals surface area contributed by atoms with E-state index in [1.807, 2.05) is 43.3 Å². The highest BCUT2D eigenvalue weighted by Gasteiger charge is 2.42. The summed E-state index contributed by atoms with van der Waals surface area (Å²) in [5.74, 6) is 0.0632. The van der Waals surface area contributed by atoms with E-state index < -0.39 is 5.41 Å². The Balaban J connectivity index is 2.01. The second kappa shape index (κ2) is 4.11. The molecule has 0 aliphatic carbocycles. The van der Waals surface area contributed by atoms with Gasteiger partial charge in [0.05, 0.1) is 9.75 Å². The van der Waals surface area contributed by atoms with Crippen LogP contribution in [0.25, 0.3) is 0 Å². The molecule has 2 aromatic rings. The fourth-order valence-corrected chi connectivity index (χ4v) is 3.67. The molecule has 1 aromatic heterocycles. The first-order valence-corrected chi connectivity index (χ1v) is 6.94. The number of hydrogen-bond donors (Lipinski definition) is 1. The number of para-hydroxylation sites is 1. The number of amides is 1. The maximum Gasteiger partial charge on any atom is 0.235 e. The van der Waals surface area contributed by atoms with Gasteiger partial charge in [-0.05, 0) is 30.7 Å². The van der Waals surface area contributed by atoms with Crippen molar-refractivity contribution in [3.8, 4) is 0 Å². The zero-order valence-corrected chi connectivity index (χ0v) is 11.4. The summed E-state index contributed by atoms with van der Waals surface area (Å²) in [7, 11) is 0. The van der Waals surface area contributed by atoms with E-state index in [0.717, 1.165) is 20.5 Å². The van der Waals surface area contributed by atoms with Crippen LogP contribution >= 0.6 is 22.9 Å². The van der Waals surface area contributed by atoms with Crippen LogP contribution in [0.15, 0.2) is 36.4 Å². The third-order valence-electron chi connectivity index (χ3n) is 3.43. The van der Waals surface area contributed by atoms with E-state index in [1.165, 1.54) is 11.3 Å². The molecule has 0 saturated carbocycles. The lowest BCUT2D eigenvalue weighted by molar-refractivity contribution is -0.120. The number of rotatable bonds is 2. The van der Waals surface area contributed by atoms with Gasteiger partial charge in [-0.25, -0.2) is 0 Å². The summed E-state index contributed by atoms with van der Waals surface area (Å²) in [6.07, 6.45) is 0.688. The van der Waals surface area contributed by atoms with E-state index in [4.69, 9.17) is 11.6 Å². The number of thiophene rings is 1. The van der Waals surface area contributed by atoms with Gasteiger partial charge in [-0.3, -0.25) is 4.79 Å². The van der Waals surface area contributed by atoms with Gasteiger partial charge < -0.3 is 5.32 Å². The summed E-state index contributed by atoms with van der Waals surface area (Å²) in [6.45, 7) is 1.99. The van der Waals surface area contributed by atoms with Crippen molar-refractivity contribution in [3.05, 3.63) is 51.2 Å². The summed E-state index contributed by atoms with van der Waals surface area (Å²) in [5, 5.41) is 2.95. The lowest BCUT2D eigenvalue weighted by Crippen LogP contribution is -2.33. The predicted octanol–water partition coefficient (Wildman–Crippen LogP) is 3.85. The van der Waals surface area contributed by atoms with Gasteiger partial charge in [-0.1, -0.05) is 29.8 Å². The quantitative estimate of drug-likeness (QED) is 0.887. The molecule has 1 aromatic carbocycles. The molecular weight excluding hydrogens is 266 g/mol. The maximum atomic E-state index is 12.2. The summed E-state index contributed by atoms with van der Waals surface area (Å²) in [6, 6.07) is 11.7. The molecule has 0 saturated heterocycles. The molecule has 2 nitrogen and oxygen atoms in total. The number of anilines is 1. The highest BCUT2D eigenvalue weighted by molar-refractivity contribution is 7.16. The van der Waals surface area contributed by atoms with Gasteiger partial charge in [-0.2, -0.15) is 0 Å². The van der Waals surface area contributed by atoms with E-state index in [-0.39, 0.29) is 5.91 Å². The van der Waals surface area contributed by atoms with Crippen molar-refractivity contribution in [3.63, 3.8) is 0 Å². The van der Waals surface area contributed by atoms with E-state index >= 15 is 0 Å². The molecule has 92 valence electrons. The van der Waals surface area contributed by atoms with Crippen molar-refractivity contribution < 1.29 is 4.79 Å². The van der Waals surface area contributed by atoms with Crippen LogP contribution in [0.1, 0.15) is 17.4 Å². The first-order valence-electron chi connectivity index (χ1n) is 5.75. The van der Waals surface area contributed by atoms with Crippen molar-refractivity contribution in [2.45, 2.75) is 18.8 Å². The zero-order chi connectivity index (χ0) is 12.8. The van der Waals surface area contributed by atoms with Crippen molar-refractivity contribution in [1.82, 2.24) is 0 Å². The van der Waals surface area contributed by atoms with Crippen LogP contribution in [0.3, 0.4) is 0 Å². The Hall–Kier alpha value is -1.32. The Labute approximate surface area is 115 Å². The van der Waals surface area contributed by atoms with Crippen molar-refractivity contribution in [2.75, 3.05) is 5.32 Å². The molecule has 3 rings (SSSR count). The van der Waals surface area contributed by atoms with Crippen LogP contribution in [0.4, 0.5) is 5.69 Å². The molecule has 1 aliphatic heterocycles. The molecule has 4 heteroatoms. The van der Waals surface area contributed by atoms with Gasteiger partial charge in [-0.15, -0.1) is 11.3 Å². The Bertz CT molecular complexity index is 622. The largest absolute Gasteiger partial charge is 0.325 e. The molecule has 1 amide bonds. The lowest BCUT2D eigenvalue weighted by Gasteiger charge is -2.21. The summed E-state index contributed by atoms with van der Waals surface area (Å²) >= 11 is 7.48. The van der Waals surface area contributed by atoms with Gasteiger partial charge in [0, 0.05) is 17.0 Å². The highest BCUT2D eigenvalue weighted by Crippen LogP contribution is 2.41. The highest BCUT2D eigenvalue weighted by atomic mass is 35.5. The van der Waals surface area contributed by atoms with Gasteiger partial charge in [0.15, 0.2) is 0 Å². The third kappa shape index (κ3) is 1.74. The normalized spacial score (nSPS) is 21.8. The SMILES string of the molecule is CC1(Cc2ccc(Cl)s2)C(=O)Nc2ccccc21. The molecule has 1 unspecified atom stereocenters. The van der Waals surface area contributed by atoms with Gasteiger partial charge in [0.1, 0.15) is 0 Å². The summed E-state index contributed by atoms with van der Waals surface area (Å²) in [4.78, 5) is 13.4. The summed E-state index contributed by atoms with van der Waals surface area (Å²) < 4.78 is 0.764. The Morgan fingerprint density at radius 2 is 2.06 bits per heavy atom. The molecule has 0 fully saturated rings. The zero-order valence-electron chi connectivity index (χ0n) is 9.87. The Morgan fingerprint density at radius 3 is 2.78 bits per heavy atom. The minimum absolute atomic E-state index is 0.0632. The molecule has 1 atom stereocenters. The molecule has 2 heterocycles. The molecule has 0 spiro atoms. The minimum Gasteiger partial charge on any atom is -0.325 e. The van der Waals surface area contributed by atoms with E-state index in [9.17, 15) is 4.79 Å².